The van der Waals surface area contributed by atoms with E-state index < -0.39 is 0 Å². The van der Waals surface area contributed by atoms with E-state index in [0.717, 1.165) is 17.9 Å². The number of benzene rings is 1. The van der Waals surface area contributed by atoms with Gasteiger partial charge in [0.05, 0.1) is 5.69 Å². The largest absolute Gasteiger partial charge is 0.330 e. The van der Waals surface area contributed by atoms with Crippen molar-refractivity contribution >= 4 is 0 Å². The van der Waals surface area contributed by atoms with Crippen molar-refractivity contribution in [1.82, 2.24) is 9.97 Å². The average Bonchev–Trinajstić information content (AvgIpc) is 2.95. The van der Waals surface area contributed by atoms with Gasteiger partial charge in [-0.05, 0) is 55.5 Å². The van der Waals surface area contributed by atoms with Gasteiger partial charge < -0.3 is 5.73 Å². The molecule has 1 aliphatic carbocycles. The minimum Gasteiger partial charge on any atom is -0.330 e. The molecule has 3 rings (SSSR count). The van der Waals surface area contributed by atoms with Gasteiger partial charge in [0.2, 0.25) is 0 Å². The molecule has 0 spiro atoms. The van der Waals surface area contributed by atoms with Gasteiger partial charge >= 0.3 is 0 Å². The lowest BCUT2D eigenvalue weighted by Gasteiger charge is -2.10. The van der Waals surface area contributed by atoms with Crippen LogP contribution in [-0.4, -0.2) is 16.5 Å². The highest BCUT2D eigenvalue weighted by Gasteiger charge is 2.13. The fourth-order valence-electron chi connectivity index (χ4n) is 2.88. The van der Waals surface area contributed by atoms with Crippen LogP contribution in [0, 0.1) is 0 Å². The van der Waals surface area contributed by atoms with Crippen molar-refractivity contribution in [1.29, 1.82) is 0 Å². The summed E-state index contributed by atoms with van der Waals surface area (Å²) in [5, 5.41) is 0. The van der Waals surface area contributed by atoms with E-state index >= 15 is 0 Å². The smallest absolute Gasteiger partial charge is 0.131 e. The molecule has 0 amide bonds. The monoisotopic (exact) mass is 267 g/mol. The van der Waals surface area contributed by atoms with Gasteiger partial charge in [0.25, 0.3) is 0 Å². The van der Waals surface area contributed by atoms with Gasteiger partial charge in [0.15, 0.2) is 0 Å². The summed E-state index contributed by atoms with van der Waals surface area (Å²) in [6.45, 7) is 2.81. The van der Waals surface area contributed by atoms with Gasteiger partial charge in [-0.1, -0.05) is 19.1 Å². The molecule has 0 bridgehead atoms. The predicted molar refractivity (Wildman–Crippen MR) is 81.6 cm³/mol. The molecule has 0 fully saturated rings. The topological polar surface area (TPSA) is 51.8 Å². The maximum atomic E-state index is 5.62. The van der Waals surface area contributed by atoms with Crippen LogP contribution in [-0.2, 0) is 12.8 Å². The molecular weight excluding hydrogens is 246 g/mol. The third-order valence-corrected chi connectivity index (χ3v) is 4.11. The molecule has 1 aromatic heterocycles. The minimum atomic E-state index is 0.314. The zero-order chi connectivity index (χ0) is 13.9. The molecule has 1 unspecified atom stereocenters. The molecule has 0 radical (unpaired) electrons. The fourth-order valence-corrected chi connectivity index (χ4v) is 2.88. The van der Waals surface area contributed by atoms with Gasteiger partial charge in [-0.25, -0.2) is 9.97 Å². The second-order valence-corrected chi connectivity index (χ2v) is 5.62. The molecule has 1 atom stereocenters. The normalized spacial score (nSPS) is 15.1. The molecule has 20 heavy (non-hydrogen) atoms. The lowest BCUT2D eigenvalue weighted by atomic mass is 10.0. The molecule has 0 saturated carbocycles. The van der Waals surface area contributed by atoms with Crippen LogP contribution in [0.3, 0.4) is 0 Å². The highest BCUT2D eigenvalue weighted by molar-refractivity contribution is 5.61. The van der Waals surface area contributed by atoms with Crippen LogP contribution in [0.2, 0.25) is 0 Å². The molecular formula is C17H21N3. The molecule has 1 heterocycles. The first kappa shape index (κ1) is 13.3. The lowest BCUT2D eigenvalue weighted by molar-refractivity contribution is 0.647. The Morgan fingerprint density at radius 1 is 1.20 bits per heavy atom. The number of hydrogen-bond donors (Lipinski definition) is 1. The molecule has 1 aromatic carbocycles. The SMILES string of the molecule is CC(CCN)c1nccc(-c2ccc3c(c2)CCC3)n1. The summed E-state index contributed by atoms with van der Waals surface area (Å²) in [6, 6.07) is 8.73. The number of aromatic nitrogens is 2. The summed E-state index contributed by atoms with van der Waals surface area (Å²) in [5.41, 5.74) is 10.8. The summed E-state index contributed by atoms with van der Waals surface area (Å²) >= 11 is 0. The van der Waals surface area contributed by atoms with Crippen LogP contribution in [0.25, 0.3) is 11.3 Å². The van der Waals surface area contributed by atoms with Gasteiger partial charge in [-0.15, -0.1) is 0 Å². The molecule has 3 nitrogen and oxygen atoms in total. The van der Waals surface area contributed by atoms with Crippen LogP contribution < -0.4 is 5.73 Å². The molecule has 2 aromatic rings. The highest BCUT2D eigenvalue weighted by Crippen LogP contribution is 2.27. The van der Waals surface area contributed by atoms with E-state index in [0.29, 0.717) is 12.5 Å². The maximum Gasteiger partial charge on any atom is 0.131 e. The first-order valence-corrected chi connectivity index (χ1v) is 7.43. The van der Waals surface area contributed by atoms with E-state index in [2.05, 4.69) is 30.1 Å². The first-order valence-electron chi connectivity index (χ1n) is 7.43. The molecule has 0 saturated heterocycles. The van der Waals surface area contributed by atoms with Crippen molar-refractivity contribution in [2.24, 2.45) is 5.73 Å². The third-order valence-electron chi connectivity index (χ3n) is 4.11. The zero-order valence-corrected chi connectivity index (χ0v) is 12.0. The Balaban J connectivity index is 1.92. The van der Waals surface area contributed by atoms with Gasteiger partial charge in [-0.3, -0.25) is 0 Å². The highest BCUT2D eigenvalue weighted by atomic mass is 14.9. The standard InChI is InChI=1S/C17H21N3/c1-12(7-9-18)17-19-10-8-16(20-17)15-6-5-13-3-2-4-14(13)11-15/h5-6,8,10-12H,2-4,7,9,18H2,1H3. The lowest BCUT2D eigenvalue weighted by Crippen LogP contribution is -2.08. The van der Waals surface area contributed by atoms with Gasteiger partial charge in [0.1, 0.15) is 5.82 Å². The molecule has 104 valence electrons. The Kier molecular flexibility index (Phi) is 3.79. The molecule has 3 heteroatoms. The van der Waals surface area contributed by atoms with E-state index in [-0.39, 0.29) is 0 Å². The van der Waals surface area contributed by atoms with Gasteiger partial charge in [-0.2, -0.15) is 0 Å². The van der Waals surface area contributed by atoms with Gasteiger partial charge in [0, 0.05) is 17.7 Å². The Morgan fingerprint density at radius 2 is 2.05 bits per heavy atom. The van der Waals surface area contributed by atoms with E-state index in [1.807, 2.05) is 12.3 Å². The number of fused-ring (bicyclic) bond motifs is 1. The van der Waals surface area contributed by atoms with Crippen LogP contribution in [0.15, 0.2) is 30.5 Å². The van der Waals surface area contributed by atoms with Crippen molar-refractivity contribution in [2.75, 3.05) is 6.54 Å². The van der Waals surface area contributed by atoms with Crippen molar-refractivity contribution in [3.8, 4) is 11.3 Å². The molecule has 2 N–H and O–H groups in total. The number of rotatable bonds is 4. The Bertz CT molecular complexity index is 607. The van der Waals surface area contributed by atoms with E-state index in [1.54, 1.807) is 0 Å². The Labute approximate surface area is 120 Å². The first-order chi connectivity index (χ1) is 9.78. The Hall–Kier alpha value is -1.74. The maximum absolute atomic E-state index is 5.62. The average molecular weight is 267 g/mol. The second-order valence-electron chi connectivity index (χ2n) is 5.62. The van der Waals surface area contributed by atoms with Crippen molar-refractivity contribution in [3.05, 3.63) is 47.4 Å². The van der Waals surface area contributed by atoms with E-state index in [4.69, 9.17) is 10.7 Å². The van der Waals surface area contributed by atoms with Crippen molar-refractivity contribution in [2.45, 2.75) is 38.5 Å². The van der Waals surface area contributed by atoms with Crippen LogP contribution in [0.5, 0.6) is 0 Å². The predicted octanol–water partition coefficient (Wildman–Crippen LogP) is 3.08. The summed E-state index contributed by atoms with van der Waals surface area (Å²) in [5.74, 6) is 1.21. The number of nitrogens with zero attached hydrogens (tertiary/aromatic N) is 2. The van der Waals surface area contributed by atoms with Crippen LogP contribution >= 0.6 is 0 Å². The summed E-state index contributed by atoms with van der Waals surface area (Å²) in [4.78, 5) is 9.11. The van der Waals surface area contributed by atoms with Crippen LogP contribution in [0.4, 0.5) is 0 Å². The minimum absolute atomic E-state index is 0.314. The number of hydrogen-bond acceptors (Lipinski definition) is 3. The fraction of sp³-hybridized carbons (Fsp3) is 0.412. The van der Waals surface area contributed by atoms with Crippen LogP contribution in [0.1, 0.15) is 42.6 Å². The molecule has 0 aliphatic heterocycles. The summed E-state index contributed by atoms with van der Waals surface area (Å²) in [6.07, 6.45) is 6.48. The van der Waals surface area contributed by atoms with E-state index in [1.165, 1.54) is 36.0 Å². The Morgan fingerprint density at radius 3 is 2.90 bits per heavy atom. The van der Waals surface area contributed by atoms with Crippen molar-refractivity contribution in [3.63, 3.8) is 0 Å². The molecule has 1 aliphatic rings. The second kappa shape index (κ2) is 5.71. The van der Waals surface area contributed by atoms with E-state index in [9.17, 15) is 0 Å². The number of nitrogens with two attached hydrogens (primary N) is 1. The number of aryl methyl sites for hydroxylation is 2. The zero-order valence-electron chi connectivity index (χ0n) is 12.0. The summed E-state index contributed by atoms with van der Waals surface area (Å²) in [7, 11) is 0. The third kappa shape index (κ3) is 2.59. The quantitative estimate of drug-likeness (QED) is 0.926. The van der Waals surface area contributed by atoms with Crippen molar-refractivity contribution < 1.29 is 0 Å². The summed E-state index contributed by atoms with van der Waals surface area (Å²) < 4.78 is 0.